The first-order chi connectivity index (χ1) is 9.33. The second-order valence-electron chi connectivity index (χ2n) is 4.80. The van der Waals surface area contributed by atoms with Crippen LogP contribution in [0.25, 0.3) is 10.9 Å². The highest BCUT2D eigenvalue weighted by molar-refractivity contribution is 5.82. The van der Waals surface area contributed by atoms with Gasteiger partial charge in [-0.1, -0.05) is 6.07 Å². The minimum atomic E-state index is -0.121. The van der Waals surface area contributed by atoms with E-state index in [1.807, 2.05) is 24.3 Å². The zero-order chi connectivity index (χ0) is 13.1. The van der Waals surface area contributed by atoms with Crippen molar-refractivity contribution in [1.29, 1.82) is 0 Å². The number of piperidine rings is 1. The molecule has 0 saturated carbocycles. The molecule has 0 spiro atoms. The number of nitrogens with one attached hydrogen (secondary N) is 1. The summed E-state index contributed by atoms with van der Waals surface area (Å²) in [6.45, 7) is 1.78. The van der Waals surface area contributed by atoms with Crippen molar-refractivity contribution in [3.63, 3.8) is 0 Å². The Kier molecular flexibility index (Phi) is 3.42. The van der Waals surface area contributed by atoms with Crippen molar-refractivity contribution in [2.45, 2.75) is 12.8 Å². The maximum Gasteiger partial charge on any atom is 0.314 e. The average Bonchev–Trinajstić information content (AvgIpc) is 2.48. The minimum Gasteiger partial charge on any atom is -0.426 e. The van der Waals surface area contributed by atoms with Crippen molar-refractivity contribution < 1.29 is 9.53 Å². The summed E-state index contributed by atoms with van der Waals surface area (Å²) in [7, 11) is 0. The number of pyridine rings is 1. The van der Waals surface area contributed by atoms with Crippen LogP contribution in [0.15, 0.2) is 36.5 Å². The molecule has 1 aromatic carbocycles. The Labute approximate surface area is 111 Å². The standard InChI is InChI=1S/C15H16N2O2/c18-15(11-5-8-16-9-6-11)19-13-3-4-14-12(10-13)2-1-7-17-14/h1-4,7,10-11,16H,5-6,8-9H2. The van der Waals surface area contributed by atoms with Crippen LogP contribution in [0.5, 0.6) is 5.75 Å². The van der Waals surface area contributed by atoms with Crippen LogP contribution in [-0.4, -0.2) is 24.0 Å². The summed E-state index contributed by atoms with van der Waals surface area (Å²) in [6.07, 6.45) is 3.46. The Bertz CT molecular complexity index is 591. The normalized spacial score (nSPS) is 16.4. The van der Waals surface area contributed by atoms with Gasteiger partial charge in [-0.25, -0.2) is 0 Å². The summed E-state index contributed by atoms with van der Waals surface area (Å²) in [5.74, 6) is 0.500. The third kappa shape index (κ3) is 2.74. The number of carbonyl (C=O) groups is 1. The molecular weight excluding hydrogens is 240 g/mol. The third-order valence-electron chi connectivity index (χ3n) is 3.47. The van der Waals surface area contributed by atoms with E-state index in [9.17, 15) is 4.79 Å². The van der Waals surface area contributed by atoms with Gasteiger partial charge < -0.3 is 10.1 Å². The van der Waals surface area contributed by atoms with Crippen LogP contribution in [-0.2, 0) is 4.79 Å². The Morgan fingerprint density at radius 2 is 2.11 bits per heavy atom. The Morgan fingerprint density at radius 1 is 1.26 bits per heavy atom. The molecule has 1 aliphatic rings. The molecule has 0 radical (unpaired) electrons. The van der Waals surface area contributed by atoms with Crippen LogP contribution < -0.4 is 10.1 Å². The summed E-state index contributed by atoms with van der Waals surface area (Å²) >= 11 is 0. The molecule has 1 saturated heterocycles. The molecule has 0 bridgehead atoms. The highest BCUT2D eigenvalue weighted by Gasteiger charge is 2.22. The lowest BCUT2D eigenvalue weighted by molar-refractivity contribution is -0.139. The lowest BCUT2D eigenvalue weighted by atomic mass is 9.98. The number of ether oxygens (including phenoxy) is 1. The molecule has 1 aromatic heterocycles. The van der Waals surface area contributed by atoms with Crippen LogP contribution in [0.3, 0.4) is 0 Å². The monoisotopic (exact) mass is 256 g/mol. The third-order valence-corrected chi connectivity index (χ3v) is 3.47. The predicted octanol–water partition coefficient (Wildman–Crippen LogP) is 2.14. The molecule has 3 rings (SSSR count). The maximum absolute atomic E-state index is 12.0. The van der Waals surface area contributed by atoms with Gasteiger partial charge in [0, 0.05) is 11.6 Å². The van der Waals surface area contributed by atoms with E-state index in [4.69, 9.17) is 4.74 Å². The molecule has 0 aliphatic carbocycles. The lowest BCUT2D eigenvalue weighted by Gasteiger charge is -2.20. The number of hydrogen-bond donors (Lipinski definition) is 1. The van der Waals surface area contributed by atoms with Gasteiger partial charge in [0.1, 0.15) is 5.75 Å². The number of esters is 1. The second-order valence-corrected chi connectivity index (χ2v) is 4.80. The molecule has 98 valence electrons. The highest BCUT2D eigenvalue weighted by atomic mass is 16.5. The average molecular weight is 256 g/mol. The predicted molar refractivity (Wildman–Crippen MR) is 73.0 cm³/mol. The number of carbonyl (C=O) groups excluding carboxylic acids is 1. The number of benzene rings is 1. The molecule has 19 heavy (non-hydrogen) atoms. The van der Waals surface area contributed by atoms with E-state index >= 15 is 0 Å². The highest BCUT2D eigenvalue weighted by Crippen LogP contribution is 2.21. The smallest absolute Gasteiger partial charge is 0.314 e. The zero-order valence-corrected chi connectivity index (χ0v) is 10.6. The van der Waals surface area contributed by atoms with Crippen molar-refractivity contribution in [2.24, 2.45) is 5.92 Å². The van der Waals surface area contributed by atoms with Gasteiger partial charge in [0.15, 0.2) is 0 Å². The summed E-state index contributed by atoms with van der Waals surface area (Å²) in [6, 6.07) is 9.38. The summed E-state index contributed by atoms with van der Waals surface area (Å²) < 4.78 is 5.47. The topological polar surface area (TPSA) is 51.2 Å². The molecule has 4 nitrogen and oxygen atoms in total. The van der Waals surface area contributed by atoms with Gasteiger partial charge >= 0.3 is 5.97 Å². The van der Waals surface area contributed by atoms with Crippen molar-refractivity contribution in [2.75, 3.05) is 13.1 Å². The molecular formula is C15H16N2O2. The molecule has 1 fully saturated rings. The zero-order valence-electron chi connectivity index (χ0n) is 10.6. The number of hydrogen-bond acceptors (Lipinski definition) is 4. The van der Waals surface area contributed by atoms with Crippen LogP contribution >= 0.6 is 0 Å². The number of fused-ring (bicyclic) bond motifs is 1. The van der Waals surface area contributed by atoms with E-state index in [0.717, 1.165) is 36.8 Å². The molecule has 0 unspecified atom stereocenters. The van der Waals surface area contributed by atoms with E-state index in [1.165, 1.54) is 0 Å². The molecule has 2 heterocycles. The van der Waals surface area contributed by atoms with E-state index in [-0.39, 0.29) is 11.9 Å². The fourth-order valence-corrected chi connectivity index (χ4v) is 2.37. The van der Waals surface area contributed by atoms with Crippen LogP contribution in [0.1, 0.15) is 12.8 Å². The summed E-state index contributed by atoms with van der Waals surface area (Å²) in [4.78, 5) is 16.3. The van der Waals surface area contributed by atoms with E-state index in [1.54, 1.807) is 12.3 Å². The van der Waals surface area contributed by atoms with Crippen LogP contribution in [0, 0.1) is 5.92 Å². The van der Waals surface area contributed by atoms with Gasteiger partial charge in [0.25, 0.3) is 0 Å². The quantitative estimate of drug-likeness (QED) is 0.660. The Morgan fingerprint density at radius 3 is 2.95 bits per heavy atom. The summed E-state index contributed by atoms with van der Waals surface area (Å²) in [5, 5.41) is 4.23. The number of nitrogens with zero attached hydrogens (tertiary/aromatic N) is 1. The first kappa shape index (κ1) is 12.1. The van der Waals surface area contributed by atoms with Crippen molar-refractivity contribution >= 4 is 16.9 Å². The molecule has 1 aliphatic heterocycles. The van der Waals surface area contributed by atoms with Gasteiger partial charge in [0.05, 0.1) is 11.4 Å². The molecule has 2 aromatic rings. The summed E-state index contributed by atoms with van der Waals surface area (Å²) in [5.41, 5.74) is 0.907. The lowest BCUT2D eigenvalue weighted by Crippen LogP contribution is -2.33. The van der Waals surface area contributed by atoms with Gasteiger partial charge in [-0.05, 0) is 50.2 Å². The van der Waals surface area contributed by atoms with Gasteiger partial charge in [0.2, 0.25) is 0 Å². The van der Waals surface area contributed by atoms with E-state index in [0.29, 0.717) is 5.75 Å². The van der Waals surface area contributed by atoms with Crippen molar-refractivity contribution in [3.8, 4) is 5.75 Å². The van der Waals surface area contributed by atoms with Crippen LogP contribution in [0.2, 0.25) is 0 Å². The largest absolute Gasteiger partial charge is 0.426 e. The van der Waals surface area contributed by atoms with Crippen LogP contribution in [0.4, 0.5) is 0 Å². The molecule has 0 atom stereocenters. The van der Waals surface area contributed by atoms with Gasteiger partial charge in [-0.2, -0.15) is 0 Å². The fourth-order valence-electron chi connectivity index (χ4n) is 2.37. The van der Waals surface area contributed by atoms with E-state index in [2.05, 4.69) is 10.3 Å². The van der Waals surface area contributed by atoms with Crippen molar-refractivity contribution in [3.05, 3.63) is 36.5 Å². The molecule has 4 heteroatoms. The molecule has 0 amide bonds. The fraction of sp³-hybridized carbons (Fsp3) is 0.333. The second kappa shape index (κ2) is 5.36. The Balaban J connectivity index is 1.75. The Hall–Kier alpha value is -1.94. The van der Waals surface area contributed by atoms with Gasteiger partial charge in [-0.3, -0.25) is 9.78 Å². The van der Waals surface area contributed by atoms with Gasteiger partial charge in [-0.15, -0.1) is 0 Å². The first-order valence-electron chi connectivity index (χ1n) is 6.60. The SMILES string of the molecule is O=C(Oc1ccc2ncccc2c1)C1CCNCC1. The minimum absolute atomic E-state index is 0.0193. The molecule has 1 N–H and O–H groups in total. The van der Waals surface area contributed by atoms with Crippen molar-refractivity contribution in [1.82, 2.24) is 10.3 Å². The maximum atomic E-state index is 12.0. The number of aromatic nitrogens is 1. The first-order valence-corrected chi connectivity index (χ1v) is 6.60. The van der Waals surface area contributed by atoms with E-state index < -0.39 is 0 Å². The number of rotatable bonds is 2.